The van der Waals surface area contributed by atoms with Crippen LogP contribution in [0.5, 0.6) is 0 Å². The Morgan fingerprint density at radius 1 is 0.750 bits per heavy atom. The highest BCUT2D eigenvalue weighted by molar-refractivity contribution is 6.29. The van der Waals surface area contributed by atoms with Crippen LogP contribution >= 0.6 is 0 Å². The van der Waals surface area contributed by atoms with Crippen LogP contribution in [0.4, 0.5) is 5.69 Å². The van der Waals surface area contributed by atoms with Gasteiger partial charge in [0.05, 0.1) is 11.8 Å². The number of anilines is 1. The van der Waals surface area contributed by atoms with Gasteiger partial charge in [0.1, 0.15) is 5.76 Å². The molecular weight excluding hydrogens is 346 g/mol. The average molecular weight is 365 g/mol. The summed E-state index contributed by atoms with van der Waals surface area (Å²) in [6, 6.07) is 31.0. The molecule has 4 rings (SSSR count). The number of carbonyl (C=O) groups excluding carboxylic acids is 1. The maximum Gasteiger partial charge on any atom is 0.256 e. The molecule has 3 heteroatoms. The Morgan fingerprint density at radius 3 is 2.14 bits per heavy atom. The summed E-state index contributed by atoms with van der Waals surface area (Å²) in [6.07, 6.45) is 3.35. The minimum absolute atomic E-state index is 0.189. The fraction of sp³-hybridized carbons (Fsp3) is 0. The van der Waals surface area contributed by atoms with E-state index in [1.165, 1.54) is 0 Å². The highest BCUT2D eigenvalue weighted by Crippen LogP contribution is 2.29. The van der Waals surface area contributed by atoms with Gasteiger partial charge in [-0.15, -0.1) is 0 Å². The Kier molecular flexibility index (Phi) is 5.16. The molecule has 1 N–H and O–H groups in total. The van der Waals surface area contributed by atoms with Crippen LogP contribution in [0.1, 0.15) is 11.3 Å². The lowest BCUT2D eigenvalue weighted by Crippen LogP contribution is -2.14. The molecule has 0 saturated heterocycles. The molecule has 0 radical (unpaired) electrons. The van der Waals surface area contributed by atoms with E-state index in [1.54, 1.807) is 18.4 Å². The lowest BCUT2D eigenvalue weighted by Gasteiger charge is -2.13. The zero-order valence-corrected chi connectivity index (χ0v) is 15.2. The second-order valence-corrected chi connectivity index (χ2v) is 6.31. The molecule has 136 valence electrons. The summed E-state index contributed by atoms with van der Waals surface area (Å²) < 4.78 is 5.42. The van der Waals surface area contributed by atoms with Crippen LogP contribution < -0.4 is 5.32 Å². The monoisotopic (exact) mass is 365 g/mol. The van der Waals surface area contributed by atoms with Gasteiger partial charge >= 0.3 is 0 Å². The van der Waals surface area contributed by atoms with Crippen molar-refractivity contribution in [2.75, 3.05) is 5.32 Å². The summed E-state index contributed by atoms with van der Waals surface area (Å²) in [4.78, 5) is 13.2. The average Bonchev–Trinajstić information content (AvgIpc) is 3.27. The normalized spacial score (nSPS) is 11.2. The van der Waals surface area contributed by atoms with Crippen molar-refractivity contribution in [1.82, 2.24) is 0 Å². The van der Waals surface area contributed by atoms with Gasteiger partial charge in [0.25, 0.3) is 5.91 Å². The fourth-order valence-electron chi connectivity index (χ4n) is 3.06. The van der Waals surface area contributed by atoms with Gasteiger partial charge in [0, 0.05) is 11.3 Å². The first-order chi connectivity index (χ1) is 13.8. The summed E-state index contributed by atoms with van der Waals surface area (Å²) in [5.74, 6) is 0.441. The van der Waals surface area contributed by atoms with Crippen LogP contribution in [0.2, 0.25) is 0 Å². The first kappa shape index (κ1) is 17.6. The summed E-state index contributed by atoms with van der Waals surface area (Å²) >= 11 is 0. The maximum absolute atomic E-state index is 13.2. The van der Waals surface area contributed by atoms with Crippen LogP contribution in [0.15, 0.2) is 108 Å². The number of amides is 1. The van der Waals surface area contributed by atoms with Gasteiger partial charge in [-0.1, -0.05) is 78.9 Å². The SMILES string of the molecule is O=C(Nc1ccccc1-c1ccccc1)/C(=C/c1ccco1)c1ccccc1. The van der Waals surface area contributed by atoms with E-state index >= 15 is 0 Å². The number of para-hydroxylation sites is 1. The second kappa shape index (κ2) is 8.23. The molecule has 3 aromatic carbocycles. The zero-order chi connectivity index (χ0) is 19.2. The number of hydrogen-bond donors (Lipinski definition) is 1. The lowest BCUT2D eigenvalue weighted by molar-refractivity contribution is -0.111. The number of furan rings is 1. The molecule has 0 atom stereocenters. The molecule has 0 aliphatic rings. The van der Waals surface area contributed by atoms with Crippen LogP contribution in [0, 0.1) is 0 Å². The van der Waals surface area contributed by atoms with Crippen LogP contribution in [-0.4, -0.2) is 5.91 Å². The first-order valence-corrected chi connectivity index (χ1v) is 9.08. The summed E-state index contributed by atoms with van der Waals surface area (Å²) in [5.41, 5.74) is 4.16. The predicted molar refractivity (Wildman–Crippen MR) is 114 cm³/mol. The lowest BCUT2D eigenvalue weighted by atomic mass is 10.0. The third-order valence-electron chi connectivity index (χ3n) is 4.42. The van der Waals surface area contributed by atoms with Gasteiger partial charge in [-0.2, -0.15) is 0 Å². The van der Waals surface area contributed by atoms with Crippen LogP contribution in [-0.2, 0) is 4.79 Å². The Hall–Kier alpha value is -3.85. The Balaban J connectivity index is 1.70. The minimum Gasteiger partial charge on any atom is -0.465 e. The van der Waals surface area contributed by atoms with E-state index in [0.29, 0.717) is 11.3 Å². The van der Waals surface area contributed by atoms with E-state index in [2.05, 4.69) is 5.32 Å². The Labute approximate surface area is 164 Å². The number of hydrogen-bond acceptors (Lipinski definition) is 2. The van der Waals surface area contributed by atoms with E-state index < -0.39 is 0 Å². The second-order valence-electron chi connectivity index (χ2n) is 6.31. The molecule has 4 aromatic rings. The maximum atomic E-state index is 13.2. The summed E-state index contributed by atoms with van der Waals surface area (Å²) in [6.45, 7) is 0. The molecule has 1 amide bonds. The fourth-order valence-corrected chi connectivity index (χ4v) is 3.06. The third-order valence-corrected chi connectivity index (χ3v) is 4.42. The predicted octanol–water partition coefficient (Wildman–Crippen LogP) is 6.13. The highest BCUT2D eigenvalue weighted by Gasteiger charge is 2.15. The molecular formula is C25H19NO2. The quantitative estimate of drug-likeness (QED) is 0.433. The Morgan fingerprint density at radius 2 is 1.43 bits per heavy atom. The third kappa shape index (κ3) is 3.94. The van der Waals surface area contributed by atoms with Gasteiger partial charge in [-0.05, 0) is 35.4 Å². The Bertz CT molecular complexity index is 1080. The van der Waals surface area contributed by atoms with Gasteiger partial charge in [0.2, 0.25) is 0 Å². The topological polar surface area (TPSA) is 42.2 Å². The van der Waals surface area contributed by atoms with E-state index in [-0.39, 0.29) is 5.91 Å². The summed E-state index contributed by atoms with van der Waals surface area (Å²) in [5, 5.41) is 3.07. The molecule has 0 fully saturated rings. The molecule has 28 heavy (non-hydrogen) atoms. The van der Waals surface area contributed by atoms with Gasteiger partial charge in [-0.25, -0.2) is 0 Å². The van der Waals surface area contributed by atoms with Crippen LogP contribution in [0.25, 0.3) is 22.8 Å². The standard InChI is InChI=1S/C25H19NO2/c27-25(23(18-21-14-9-17-28-21)20-12-5-2-6-13-20)26-24-16-8-7-15-22(24)19-10-3-1-4-11-19/h1-18H,(H,26,27)/b23-18+. The number of carbonyl (C=O) groups is 1. The molecule has 0 aliphatic carbocycles. The minimum atomic E-state index is -0.189. The van der Waals surface area contributed by atoms with Crippen molar-refractivity contribution in [3.8, 4) is 11.1 Å². The molecule has 0 unspecified atom stereocenters. The van der Waals surface area contributed by atoms with E-state index in [4.69, 9.17) is 4.42 Å². The van der Waals surface area contributed by atoms with Crippen molar-refractivity contribution >= 4 is 23.2 Å². The van der Waals surface area contributed by atoms with Crippen molar-refractivity contribution < 1.29 is 9.21 Å². The largest absolute Gasteiger partial charge is 0.465 e. The molecule has 1 aromatic heterocycles. The smallest absolute Gasteiger partial charge is 0.256 e. The van der Waals surface area contributed by atoms with Crippen molar-refractivity contribution in [1.29, 1.82) is 0 Å². The van der Waals surface area contributed by atoms with Gasteiger partial charge < -0.3 is 9.73 Å². The number of benzene rings is 3. The molecule has 0 aliphatic heterocycles. The van der Waals surface area contributed by atoms with E-state index in [9.17, 15) is 4.79 Å². The molecule has 0 bridgehead atoms. The van der Waals surface area contributed by atoms with E-state index in [1.807, 2.05) is 91.0 Å². The van der Waals surface area contributed by atoms with Crippen LogP contribution in [0.3, 0.4) is 0 Å². The van der Waals surface area contributed by atoms with Crippen molar-refractivity contribution in [3.05, 3.63) is 115 Å². The molecule has 3 nitrogen and oxygen atoms in total. The molecule has 0 spiro atoms. The van der Waals surface area contributed by atoms with Crippen molar-refractivity contribution in [3.63, 3.8) is 0 Å². The van der Waals surface area contributed by atoms with Crippen molar-refractivity contribution in [2.24, 2.45) is 0 Å². The molecule has 0 saturated carbocycles. The number of nitrogens with one attached hydrogen (secondary N) is 1. The first-order valence-electron chi connectivity index (χ1n) is 9.08. The van der Waals surface area contributed by atoms with Gasteiger partial charge in [-0.3, -0.25) is 4.79 Å². The zero-order valence-electron chi connectivity index (χ0n) is 15.2. The van der Waals surface area contributed by atoms with E-state index in [0.717, 1.165) is 22.4 Å². The summed E-state index contributed by atoms with van der Waals surface area (Å²) in [7, 11) is 0. The molecule has 1 heterocycles. The highest BCUT2D eigenvalue weighted by atomic mass is 16.3. The van der Waals surface area contributed by atoms with Crippen molar-refractivity contribution in [2.45, 2.75) is 0 Å². The van der Waals surface area contributed by atoms with Gasteiger partial charge in [0.15, 0.2) is 0 Å². The number of rotatable bonds is 5.